The van der Waals surface area contributed by atoms with Crippen LogP contribution in [-0.2, 0) is 9.59 Å². The molecule has 1 aromatic heterocycles. The third-order valence-corrected chi connectivity index (χ3v) is 5.89. The molecule has 4 aromatic rings. The molecule has 1 aliphatic heterocycles. The van der Waals surface area contributed by atoms with Gasteiger partial charge in [-0.05, 0) is 48.5 Å². The molecule has 0 aliphatic carbocycles. The molecule has 1 unspecified atom stereocenters. The number of rotatable bonds is 4. The Morgan fingerprint density at radius 1 is 0.971 bits per heavy atom. The summed E-state index contributed by atoms with van der Waals surface area (Å²) in [6.07, 6.45) is -0.340. The van der Waals surface area contributed by atoms with Crippen LogP contribution in [0.15, 0.2) is 88.1 Å². The van der Waals surface area contributed by atoms with E-state index in [1.54, 1.807) is 72.8 Å². The van der Waals surface area contributed by atoms with Crippen LogP contribution in [0.4, 0.5) is 17.1 Å². The van der Waals surface area contributed by atoms with Crippen LogP contribution in [0.1, 0.15) is 16.8 Å². The van der Waals surface area contributed by atoms with Gasteiger partial charge in [0.1, 0.15) is 17.2 Å². The first-order valence-corrected chi connectivity index (χ1v) is 11.1. The van der Waals surface area contributed by atoms with Crippen molar-refractivity contribution in [2.45, 2.75) is 12.5 Å². The van der Waals surface area contributed by atoms with Gasteiger partial charge in [0.15, 0.2) is 0 Å². The topological polar surface area (TPSA) is 109 Å². The van der Waals surface area contributed by atoms with E-state index in [0.29, 0.717) is 33.1 Å². The first kappa shape index (κ1) is 22.4. The summed E-state index contributed by atoms with van der Waals surface area (Å²) in [5.41, 5.74) is 0.519. The van der Waals surface area contributed by atoms with Gasteiger partial charge in [-0.3, -0.25) is 19.3 Å². The highest BCUT2D eigenvalue weighted by molar-refractivity contribution is 6.30. The quantitative estimate of drug-likeness (QED) is 0.413. The van der Waals surface area contributed by atoms with Crippen molar-refractivity contribution in [1.82, 2.24) is 0 Å². The highest BCUT2D eigenvalue weighted by atomic mass is 35.5. The normalized spacial score (nSPS) is 14.8. The van der Waals surface area contributed by atoms with E-state index in [2.05, 4.69) is 10.6 Å². The second-order valence-corrected chi connectivity index (χ2v) is 8.38. The van der Waals surface area contributed by atoms with Crippen LogP contribution in [0.3, 0.4) is 0 Å². The molecule has 0 saturated carbocycles. The zero-order valence-electron chi connectivity index (χ0n) is 18.2. The lowest BCUT2D eigenvalue weighted by Crippen LogP contribution is -2.53. The predicted molar refractivity (Wildman–Crippen MR) is 133 cm³/mol. The van der Waals surface area contributed by atoms with Crippen molar-refractivity contribution in [3.8, 4) is 0 Å². The second kappa shape index (κ2) is 9.08. The van der Waals surface area contributed by atoms with Gasteiger partial charge in [-0.1, -0.05) is 41.9 Å². The number of hydrogen-bond acceptors (Lipinski definition) is 5. The molecule has 3 amide bonds. The summed E-state index contributed by atoms with van der Waals surface area (Å²) in [7, 11) is 0. The van der Waals surface area contributed by atoms with Crippen molar-refractivity contribution in [3.05, 3.63) is 99.9 Å². The molecule has 174 valence electrons. The van der Waals surface area contributed by atoms with E-state index >= 15 is 0 Å². The Morgan fingerprint density at radius 3 is 2.49 bits per heavy atom. The lowest BCUT2D eigenvalue weighted by Gasteiger charge is -2.36. The summed E-state index contributed by atoms with van der Waals surface area (Å²) < 4.78 is 5.33. The Labute approximate surface area is 204 Å². The molecule has 1 atom stereocenters. The van der Waals surface area contributed by atoms with Crippen LogP contribution in [0.25, 0.3) is 11.0 Å². The maximum atomic E-state index is 13.7. The lowest BCUT2D eigenvalue weighted by atomic mass is 10.0. The van der Waals surface area contributed by atoms with Crippen LogP contribution in [0.2, 0.25) is 5.02 Å². The monoisotopic (exact) mass is 487 g/mol. The molecule has 0 radical (unpaired) electrons. The van der Waals surface area contributed by atoms with E-state index in [-0.39, 0.29) is 12.0 Å². The third kappa shape index (κ3) is 4.39. The molecule has 0 bridgehead atoms. The first-order valence-electron chi connectivity index (χ1n) is 10.7. The van der Waals surface area contributed by atoms with Crippen LogP contribution in [0.5, 0.6) is 0 Å². The van der Waals surface area contributed by atoms with Crippen molar-refractivity contribution in [3.63, 3.8) is 0 Å². The van der Waals surface area contributed by atoms with Crippen LogP contribution in [-0.4, -0.2) is 23.8 Å². The average molecular weight is 488 g/mol. The molecule has 0 fully saturated rings. The van der Waals surface area contributed by atoms with Gasteiger partial charge in [0.25, 0.3) is 5.91 Å². The first-order chi connectivity index (χ1) is 16.9. The summed E-state index contributed by atoms with van der Waals surface area (Å²) >= 11 is 5.89. The van der Waals surface area contributed by atoms with Crippen LogP contribution >= 0.6 is 11.6 Å². The number of nitrogens with one attached hydrogen (secondary N) is 2. The molecule has 9 heteroatoms. The molecular weight excluding hydrogens is 470 g/mol. The minimum absolute atomic E-state index is 0.240. The zero-order valence-corrected chi connectivity index (χ0v) is 18.9. The lowest BCUT2D eigenvalue weighted by molar-refractivity contribution is -0.122. The number of carbonyl (C=O) groups excluding carboxylic acids is 3. The van der Waals surface area contributed by atoms with Crippen molar-refractivity contribution in [2.75, 3.05) is 15.5 Å². The number of nitrogens with zero attached hydrogens (tertiary/aromatic N) is 1. The van der Waals surface area contributed by atoms with Gasteiger partial charge in [0.2, 0.25) is 11.8 Å². The van der Waals surface area contributed by atoms with Crippen molar-refractivity contribution in [2.24, 2.45) is 0 Å². The minimum atomic E-state index is -1.20. The van der Waals surface area contributed by atoms with Gasteiger partial charge in [0, 0.05) is 16.1 Å². The highest BCUT2D eigenvalue weighted by Gasteiger charge is 2.39. The van der Waals surface area contributed by atoms with Gasteiger partial charge in [-0.25, -0.2) is 4.79 Å². The van der Waals surface area contributed by atoms with E-state index in [0.717, 1.165) is 0 Å². The fourth-order valence-corrected chi connectivity index (χ4v) is 4.11. The number of benzene rings is 3. The summed E-state index contributed by atoms with van der Waals surface area (Å²) in [5.74, 6) is -1.78. The molecule has 0 spiro atoms. The smallest absolute Gasteiger partial charge is 0.349 e. The number of fused-ring (bicyclic) bond motifs is 2. The second-order valence-electron chi connectivity index (χ2n) is 7.94. The molecule has 8 nitrogen and oxygen atoms in total. The number of amides is 3. The SMILES string of the molecule is O=C(CC1C(=O)Nc2ccccc2N1C(=O)c1cc2ccccc2oc1=O)Nc1ccc(Cl)cc1. The summed E-state index contributed by atoms with van der Waals surface area (Å²) in [6, 6.07) is 20.2. The Morgan fingerprint density at radius 2 is 1.69 bits per heavy atom. The molecule has 2 N–H and O–H groups in total. The third-order valence-electron chi connectivity index (χ3n) is 5.63. The number of carbonyl (C=O) groups is 3. The molecule has 35 heavy (non-hydrogen) atoms. The fraction of sp³-hybridized carbons (Fsp3) is 0.0769. The Balaban J connectivity index is 1.52. The Kier molecular flexibility index (Phi) is 5.80. The molecule has 1 aliphatic rings. The van der Waals surface area contributed by atoms with Crippen molar-refractivity contribution >= 4 is 57.4 Å². The van der Waals surface area contributed by atoms with E-state index in [9.17, 15) is 19.2 Å². The number of para-hydroxylation sites is 3. The molecule has 3 aromatic carbocycles. The number of anilines is 3. The maximum absolute atomic E-state index is 13.7. The van der Waals surface area contributed by atoms with Crippen molar-refractivity contribution in [1.29, 1.82) is 0 Å². The number of halogens is 1. The fourth-order valence-electron chi connectivity index (χ4n) is 3.99. The van der Waals surface area contributed by atoms with Gasteiger partial charge >= 0.3 is 5.63 Å². The molecule has 2 heterocycles. The predicted octanol–water partition coefficient (Wildman–Crippen LogP) is 4.44. The van der Waals surface area contributed by atoms with Gasteiger partial charge in [0.05, 0.1) is 17.8 Å². The largest absolute Gasteiger partial charge is 0.422 e. The summed E-state index contributed by atoms with van der Waals surface area (Å²) in [5, 5.41) is 6.50. The molecular formula is C26H18ClN3O5. The van der Waals surface area contributed by atoms with Gasteiger partial charge < -0.3 is 15.1 Å². The Hall–Kier alpha value is -4.43. The highest BCUT2D eigenvalue weighted by Crippen LogP contribution is 2.34. The molecule has 5 rings (SSSR count). The number of hydrogen-bond donors (Lipinski definition) is 2. The van der Waals surface area contributed by atoms with E-state index in [1.165, 1.54) is 11.0 Å². The van der Waals surface area contributed by atoms with Crippen molar-refractivity contribution < 1.29 is 18.8 Å². The van der Waals surface area contributed by atoms with Gasteiger partial charge in [-0.2, -0.15) is 0 Å². The van der Waals surface area contributed by atoms with E-state index in [4.69, 9.17) is 16.0 Å². The van der Waals surface area contributed by atoms with E-state index < -0.39 is 29.4 Å². The average Bonchev–Trinajstić information content (AvgIpc) is 2.85. The standard InChI is InChI=1S/C26H18ClN3O5/c27-16-9-11-17(12-10-16)28-23(31)14-21-24(32)29-19-6-2-3-7-20(19)30(21)25(33)18-13-15-5-1-4-8-22(15)35-26(18)34/h1-13,21H,14H2,(H,28,31)(H,29,32). The summed E-state index contributed by atoms with van der Waals surface area (Å²) in [6.45, 7) is 0. The van der Waals surface area contributed by atoms with Crippen LogP contribution < -0.4 is 21.2 Å². The van der Waals surface area contributed by atoms with E-state index in [1.807, 2.05) is 0 Å². The minimum Gasteiger partial charge on any atom is -0.422 e. The van der Waals surface area contributed by atoms with Gasteiger partial charge in [-0.15, -0.1) is 0 Å². The zero-order chi connectivity index (χ0) is 24.5. The molecule has 0 saturated heterocycles. The summed E-state index contributed by atoms with van der Waals surface area (Å²) in [4.78, 5) is 53.4. The maximum Gasteiger partial charge on any atom is 0.349 e. The van der Waals surface area contributed by atoms with Crippen LogP contribution in [0, 0.1) is 0 Å². The Bertz CT molecular complexity index is 1530.